The molecule has 3 rings (SSSR count). The van der Waals surface area contributed by atoms with Gasteiger partial charge in [-0.05, 0) is 39.2 Å². The molecule has 0 amide bonds. The molecule has 1 saturated carbocycles. The van der Waals surface area contributed by atoms with E-state index in [2.05, 4.69) is 16.7 Å². The van der Waals surface area contributed by atoms with Crippen LogP contribution in [-0.4, -0.2) is 47.6 Å². The number of hydrogen-bond donors (Lipinski definition) is 0. The van der Waals surface area contributed by atoms with Crippen molar-refractivity contribution in [1.29, 1.82) is 0 Å². The Morgan fingerprint density at radius 3 is 2.56 bits per heavy atom. The van der Waals surface area contributed by atoms with E-state index in [1.54, 1.807) is 0 Å². The van der Waals surface area contributed by atoms with E-state index in [9.17, 15) is 0 Å². The molecule has 0 aromatic rings. The van der Waals surface area contributed by atoms with Crippen LogP contribution < -0.4 is 0 Å². The fourth-order valence-electron chi connectivity index (χ4n) is 4.10. The number of fused-ring (bicyclic) bond motifs is 1. The maximum atomic E-state index is 2.83. The van der Waals surface area contributed by atoms with Crippen LogP contribution in [0.1, 0.15) is 51.9 Å². The normalized spacial score (nSPS) is 36.2. The lowest BCUT2D eigenvalue weighted by atomic mass is 9.92. The average Bonchev–Trinajstić information content (AvgIpc) is 2.77. The second kappa shape index (κ2) is 4.30. The smallest absolute Gasteiger partial charge is 0.0223 e. The highest BCUT2D eigenvalue weighted by Crippen LogP contribution is 2.36. The van der Waals surface area contributed by atoms with Crippen molar-refractivity contribution < 1.29 is 0 Å². The molecule has 0 aromatic carbocycles. The van der Waals surface area contributed by atoms with Crippen LogP contribution in [0.3, 0.4) is 0 Å². The number of piperazine rings is 1. The zero-order valence-electron chi connectivity index (χ0n) is 10.7. The van der Waals surface area contributed by atoms with E-state index in [1.165, 1.54) is 71.1 Å². The molecule has 2 aliphatic heterocycles. The lowest BCUT2D eigenvalue weighted by molar-refractivity contribution is -0.00498. The fraction of sp³-hybridized carbons (Fsp3) is 1.00. The monoisotopic (exact) mass is 222 g/mol. The van der Waals surface area contributed by atoms with Crippen LogP contribution >= 0.6 is 0 Å². The summed E-state index contributed by atoms with van der Waals surface area (Å²) in [5, 5.41) is 0. The van der Waals surface area contributed by atoms with Gasteiger partial charge in [0.05, 0.1) is 0 Å². The van der Waals surface area contributed by atoms with Crippen LogP contribution in [0.5, 0.6) is 0 Å². The summed E-state index contributed by atoms with van der Waals surface area (Å²) < 4.78 is 0. The summed E-state index contributed by atoms with van der Waals surface area (Å²) >= 11 is 0. The topological polar surface area (TPSA) is 6.48 Å². The van der Waals surface area contributed by atoms with Gasteiger partial charge in [-0.15, -0.1) is 0 Å². The zero-order valence-corrected chi connectivity index (χ0v) is 10.7. The van der Waals surface area contributed by atoms with Crippen molar-refractivity contribution in [2.75, 3.05) is 26.2 Å². The van der Waals surface area contributed by atoms with Crippen LogP contribution in [0.4, 0.5) is 0 Å². The van der Waals surface area contributed by atoms with Gasteiger partial charge >= 0.3 is 0 Å². The van der Waals surface area contributed by atoms with Crippen molar-refractivity contribution in [2.24, 2.45) is 0 Å². The molecule has 2 saturated heterocycles. The zero-order chi connectivity index (χ0) is 11.0. The van der Waals surface area contributed by atoms with E-state index in [0.717, 1.165) is 6.04 Å². The van der Waals surface area contributed by atoms with Gasteiger partial charge in [0.2, 0.25) is 0 Å². The number of piperidine rings is 1. The third kappa shape index (κ3) is 1.91. The van der Waals surface area contributed by atoms with Crippen molar-refractivity contribution >= 4 is 0 Å². The quantitative estimate of drug-likeness (QED) is 0.672. The largest absolute Gasteiger partial charge is 0.298 e. The Morgan fingerprint density at radius 1 is 0.938 bits per heavy atom. The molecule has 1 unspecified atom stereocenters. The maximum absolute atomic E-state index is 2.83. The molecule has 2 heteroatoms. The second-order valence-electron chi connectivity index (χ2n) is 6.34. The summed E-state index contributed by atoms with van der Waals surface area (Å²) in [4.78, 5) is 5.57. The first-order chi connectivity index (χ1) is 7.78. The molecular formula is C14H26N2. The molecule has 0 bridgehead atoms. The van der Waals surface area contributed by atoms with Crippen molar-refractivity contribution in [3.63, 3.8) is 0 Å². The van der Waals surface area contributed by atoms with Crippen LogP contribution in [0.15, 0.2) is 0 Å². The Bertz CT molecular complexity index is 245. The molecule has 92 valence electrons. The second-order valence-corrected chi connectivity index (χ2v) is 6.34. The van der Waals surface area contributed by atoms with Crippen molar-refractivity contribution in [1.82, 2.24) is 9.80 Å². The molecule has 0 aromatic heterocycles. The molecule has 1 atom stereocenters. The van der Waals surface area contributed by atoms with E-state index in [-0.39, 0.29) is 0 Å². The van der Waals surface area contributed by atoms with Gasteiger partial charge in [0, 0.05) is 31.2 Å². The van der Waals surface area contributed by atoms with E-state index < -0.39 is 0 Å². The predicted octanol–water partition coefficient (Wildman–Crippen LogP) is 2.49. The molecule has 0 N–H and O–H groups in total. The third-order valence-corrected chi connectivity index (χ3v) is 5.28. The summed E-state index contributed by atoms with van der Waals surface area (Å²) in [5.41, 5.74) is 0.559. The van der Waals surface area contributed by atoms with Crippen molar-refractivity contribution in [2.45, 2.75) is 63.5 Å². The standard InChI is InChI=1S/C14H26N2/c1-14(7-3-4-8-14)16-11-10-15-9-5-2-6-13(15)12-16/h13H,2-12H2,1H3. The van der Waals surface area contributed by atoms with E-state index in [0.29, 0.717) is 5.54 Å². The molecule has 1 aliphatic carbocycles. The number of hydrogen-bond acceptors (Lipinski definition) is 2. The Morgan fingerprint density at radius 2 is 1.75 bits per heavy atom. The Balaban J connectivity index is 1.65. The molecule has 3 fully saturated rings. The van der Waals surface area contributed by atoms with Crippen molar-refractivity contribution in [3.05, 3.63) is 0 Å². The Labute approximate surface area is 100.0 Å². The first-order valence-corrected chi connectivity index (χ1v) is 7.27. The Hall–Kier alpha value is -0.0800. The number of rotatable bonds is 1. The highest BCUT2D eigenvalue weighted by molar-refractivity contribution is 4.96. The highest BCUT2D eigenvalue weighted by atomic mass is 15.3. The lowest BCUT2D eigenvalue weighted by Gasteiger charge is -2.49. The molecular weight excluding hydrogens is 196 g/mol. The van der Waals surface area contributed by atoms with Gasteiger partial charge in [0.15, 0.2) is 0 Å². The summed E-state index contributed by atoms with van der Waals surface area (Å²) in [6.07, 6.45) is 10.2. The van der Waals surface area contributed by atoms with Gasteiger partial charge in [0.25, 0.3) is 0 Å². The van der Waals surface area contributed by atoms with Gasteiger partial charge in [-0.2, -0.15) is 0 Å². The van der Waals surface area contributed by atoms with Gasteiger partial charge in [-0.25, -0.2) is 0 Å². The van der Waals surface area contributed by atoms with E-state index >= 15 is 0 Å². The lowest BCUT2D eigenvalue weighted by Crippen LogP contribution is -2.60. The highest BCUT2D eigenvalue weighted by Gasteiger charge is 2.39. The maximum Gasteiger partial charge on any atom is 0.0223 e. The molecule has 16 heavy (non-hydrogen) atoms. The molecule has 0 spiro atoms. The molecule has 2 heterocycles. The molecule has 2 nitrogen and oxygen atoms in total. The molecule has 0 radical (unpaired) electrons. The SMILES string of the molecule is CC1(N2CCN3CCCCC3C2)CCCC1. The summed E-state index contributed by atoms with van der Waals surface area (Å²) in [5.74, 6) is 0. The van der Waals surface area contributed by atoms with E-state index in [4.69, 9.17) is 0 Å². The van der Waals surface area contributed by atoms with Crippen LogP contribution in [0.2, 0.25) is 0 Å². The fourth-order valence-corrected chi connectivity index (χ4v) is 4.10. The van der Waals surface area contributed by atoms with Gasteiger partial charge < -0.3 is 0 Å². The minimum absolute atomic E-state index is 0.559. The van der Waals surface area contributed by atoms with Gasteiger partial charge in [-0.3, -0.25) is 9.80 Å². The third-order valence-electron chi connectivity index (χ3n) is 5.28. The summed E-state index contributed by atoms with van der Waals surface area (Å²) in [7, 11) is 0. The minimum Gasteiger partial charge on any atom is -0.298 e. The van der Waals surface area contributed by atoms with Crippen LogP contribution in [-0.2, 0) is 0 Å². The first-order valence-electron chi connectivity index (χ1n) is 7.27. The minimum atomic E-state index is 0.559. The van der Waals surface area contributed by atoms with Gasteiger partial charge in [-0.1, -0.05) is 19.3 Å². The van der Waals surface area contributed by atoms with Gasteiger partial charge in [0.1, 0.15) is 0 Å². The van der Waals surface area contributed by atoms with Crippen LogP contribution in [0, 0.1) is 0 Å². The average molecular weight is 222 g/mol. The Kier molecular flexibility index (Phi) is 2.97. The van der Waals surface area contributed by atoms with Crippen molar-refractivity contribution in [3.8, 4) is 0 Å². The predicted molar refractivity (Wildman–Crippen MR) is 67.7 cm³/mol. The summed E-state index contributed by atoms with van der Waals surface area (Å²) in [6, 6.07) is 0.889. The summed E-state index contributed by atoms with van der Waals surface area (Å²) in [6.45, 7) is 7.90. The van der Waals surface area contributed by atoms with E-state index in [1.807, 2.05) is 0 Å². The molecule has 3 aliphatic rings. The number of nitrogens with zero attached hydrogens (tertiary/aromatic N) is 2. The van der Waals surface area contributed by atoms with Crippen LogP contribution in [0.25, 0.3) is 0 Å². The first kappa shape index (κ1) is 11.0.